The van der Waals surface area contributed by atoms with Gasteiger partial charge in [-0.25, -0.2) is 0 Å². The smallest absolute Gasteiger partial charge is 0.0109 e. The summed E-state index contributed by atoms with van der Waals surface area (Å²) in [5.41, 5.74) is 23.8. The van der Waals surface area contributed by atoms with E-state index in [2.05, 4.69) is 650 Å². The molecule has 0 saturated carbocycles. The largest absolute Gasteiger partial charge is 0.0616 e. The number of benzene rings is 16. The average Bonchev–Trinajstić information content (AvgIpc) is 0.775. The van der Waals surface area contributed by atoms with Gasteiger partial charge in [-0.15, -0.1) is 0 Å². The Bertz CT molecular complexity index is 6520. The van der Waals surface area contributed by atoms with Gasteiger partial charge in [0.15, 0.2) is 0 Å². The van der Waals surface area contributed by atoms with E-state index in [0.29, 0.717) is 10.8 Å². The zero-order valence-electron chi connectivity index (χ0n) is 102. The molecular weight excluding hydrogens is 1750 g/mol. The minimum Gasteiger partial charge on any atom is -0.0616 e. The predicted octanol–water partition coefficient (Wildman–Crippen LogP) is 45.0. The molecule has 146 heavy (non-hydrogen) atoms. The molecule has 0 nitrogen and oxygen atoms in total. The lowest BCUT2D eigenvalue weighted by molar-refractivity contribution is 0.469. The molecule has 0 amide bonds. The SMILES string of the molecule is CC(C)(C)C.CC(C)(C)C.CC(C)(C)c1cc(C(C)(C)C)c2ccccc2c1.CC(C)(C)c1cc2ccccc2cc1C(C)(C)C.CC(C)(C)c1ccc(C(C)(C)C)c2ccccc12.CC(C)(C)c1ccc2c(C(C)(C)C)cccc2c1.CC(C)(C)c1ccc2cccc(C(C)(C)C)c2c1.CC(C)(C)c1cccc2c(C(C)(C)C)cccc12.CC(C)(C)c1cccc2cccc(C(C)(C)C)c12.c1ccc2ccccc2c1. The standard InChI is InChI=1S/7C18H24.C10H8.2C5H12/c1-17(2,3)15-11-7-10-14-13(15)9-8-12-16(14)18(4,5)6;1-17(2,3)14-11-7-9-13-10-8-12-15(16(13)14)18(4,5)6;1-17(2,3)14-10-11-15-13(12-14)8-7-9-16(15)18(4,5)6;1-17(2,3)14-11-10-13-8-7-9-16(15(13)12-14)18(4,5)6;1-17(2,3)14-11-13-9-7-8-10-15(13)16(12-14)18(4,5)6;1-17(2,3)15-11-13-9-7-8-10-14(13)12-16(15)18(4,5)6;1-17(2,3)15-11-12-16(18(4,5)6)14-10-8-7-9-13(14)15;1-2-6-10-8-4-3-7-9(10)5-1;2*1-5(2,3)4/h7*7-12H,1-6H3;1-8H;2*1-4H3. The second-order valence-corrected chi connectivity index (χ2v) is 58.9. The third-order valence-electron chi connectivity index (χ3n) is 26.4. The van der Waals surface area contributed by atoms with Crippen LogP contribution in [0.2, 0.25) is 0 Å². The molecule has 0 heteroatoms. The summed E-state index contributed by atoms with van der Waals surface area (Å²) in [6, 6.07) is 111. The summed E-state index contributed by atoms with van der Waals surface area (Å²) in [6.45, 7) is 113. The molecular formula is C146H200. The molecule has 16 aromatic rings. The topological polar surface area (TPSA) is 0 Å². The number of hydrogen-bond donors (Lipinski definition) is 0. The van der Waals surface area contributed by atoms with Crippen molar-refractivity contribution in [3.63, 3.8) is 0 Å². The van der Waals surface area contributed by atoms with Gasteiger partial charge in [-0.1, -0.05) is 650 Å². The van der Waals surface area contributed by atoms with Gasteiger partial charge >= 0.3 is 0 Å². The first-order chi connectivity index (χ1) is 66.4. The van der Waals surface area contributed by atoms with Crippen LogP contribution in [0.3, 0.4) is 0 Å². The van der Waals surface area contributed by atoms with Crippen molar-refractivity contribution in [3.05, 3.63) is 381 Å². The lowest BCUT2D eigenvalue weighted by Gasteiger charge is -2.30. The zero-order chi connectivity index (χ0) is 111. The van der Waals surface area contributed by atoms with Crippen molar-refractivity contribution in [1.29, 1.82) is 0 Å². The van der Waals surface area contributed by atoms with E-state index in [1.165, 1.54) is 164 Å². The average molecular weight is 1960 g/mol. The van der Waals surface area contributed by atoms with Crippen molar-refractivity contribution in [2.24, 2.45) is 10.8 Å². The minimum atomic E-state index is 0.181. The monoisotopic (exact) mass is 1950 g/mol. The molecule has 16 rings (SSSR count). The number of fused-ring (bicyclic) bond motifs is 8. The van der Waals surface area contributed by atoms with Crippen molar-refractivity contribution in [2.75, 3.05) is 0 Å². The quantitative estimate of drug-likeness (QED) is 0.142. The maximum absolute atomic E-state index is 2.39. The van der Waals surface area contributed by atoms with Gasteiger partial charge in [-0.3, -0.25) is 0 Å². The van der Waals surface area contributed by atoms with Gasteiger partial charge in [-0.2, -0.15) is 0 Å². The zero-order valence-corrected chi connectivity index (χ0v) is 102. The van der Waals surface area contributed by atoms with E-state index < -0.39 is 0 Å². The van der Waals surface area contributed by atoms with Gasteiger partial charge in [-0.05, 0) is 251 Å². The molecule has 0 aliphatic carbocycles. The van der Waals surface area contributed by atoms with E-state index in [1.807, 2.05) is 0 Å². The molecule has 0 aliphatic rings. The summed E-state index contributed by atoms with van der Waals surface area (Å²) in [7, 11) is 0. The predicted molar refractivity (Wildman–Crippen MR) is 664 cm³/mol. The van der Waals surface area contributed by atoms with Gasteiger partial charge in [0.05, 0.1) is 0 Å². The van der Waals surface area contributed by atoms with Crippen LogP contribution in [0.1, 0.15) is 424 Å². The third kappa shape index (κ3) is 36.0. The third-order valence-corrected chi connectivity index (χ3v) is 26.4. The Balaban J connectivity index is 0.000000224. The van der Waals surface area contributed by atoms with E-state index in [1.54, 1.807) is 0 Å². The second kappa shape index (κ2) is 47.2. The minimum absolute atomic E-state index is 0.181. The lowest BCUT2D eigenvalue weighted by Crippen LogP contribution is -2.21. The lowest BCUT2D eigenvalue weighted by atomic mass is 9.74. The Kier molecular flexibility index (Phi) is 39.6. The fraction of sp³-hybridized carbons (Fsp3) is 0.452. The van der Waals surface area contributed by atoms with Crippen LogP contribution in [0.4, 0.5) is 0 Å². The van der Waals surface area contributed by atoms with E-state index in [4.69, 9.17) is 0 Å². The van der Waals surface area contributed by atoms with Crippen molar-refractivity contribution >= 4 is 86.2 Å². The highest BCUT2D eigenvalue weighted by Gasteiger charge is 2.31. The summed E-state index contributed by atoms with van der Waals surface area (Å²) < 4.78 is 0. The maximum atomic E-state index is 2.39. The highest BCUT2D eigenvalue weighted by Crippen LogP contribution is 2.45. The molecule has 0 bridgehead atoms. The van der Waals surface area contributed by atoms with Crippen LogP contribution >= 0.6 is 0 Å². The van der Waals surface area contributed by atoms with E-state index in [-0.39, 0.29) is 75.8 Å². The normalized spacial score (nSPS) is 12.7. The van der Waals surface area contributed by atoms with Gasteiger partial charge in [0, 0.05) is 0 Å². The maximum Gasteiger partial charge on any atom is -0.0109 e. The summed E-state index contributed by atoms with van der Waals surface area (Å²) in [6.07, 6.45) is 0. The van der Waals surface area contributed by atoms with E-state index in [0.717, 1.165) is 0 Å². The first kappa shape index (κ1) is 123. The molecule has 0 spiro atoms. The Labute approximate surface area is 893 Å². The van der Waals surface area contributed by atoms with E-state index >= 15 is 0 Å². The summed E-state index contributed by atoms with van der Waals surface area (Å²) in [5, 5.41) is 21.9. The van der Waals surface area contributed by atoms with Crippen LogP contribution in [0, 0.1) is 10.8 Å². The molecule has 0 radical (unpaired) electrons. The molecule has 0 unspecified atom stereocenters. The van der Waals surface area contributed by atoms with Crippen LogP contribution in [0.15, 0.2) is 303 Å². The van der Waals surface area contributed by atoms with Crippen molar-refractivity contribution in [2.45, 2.75) is 422 Å². The highest BCUT2D eigenvalue weighted by molar-refractivity contribution is 5.95. The Morgan fingerprint density at radius 2 is 0.308 bits per heavy atom. The van der Waals surface area contributed by atoms with E-state index in [9.17, 15) is 0 Å². The molecule has 0 heterocycles. The molecule has 16 aromatic carbocycles. The fourth-order valence-corrected chi connectivity index (χ4v) is 18.6. The number of rotatable bonds is 0. The van der Waals surface area contributed by atoms with Crippen LogP contribution in [-0.4, -0.2) is 0 Å². The van der Waals surface area contributed by atoms with Crippen LogP contribution in [-0.2, 0) is 75.8 Å². The second-order valence-electron chi connectivity index (χ2n) is 58.9. The first-order valence-electron chi connectivity index (χ1n) is 54.5. The van der Waals surface area contributed by atoms with Crippen LogP contribution in [0.5, 0.6) is 0 Å². The molecule has 0 saturated heterocycles. The summed E-state index contributed by atoms with van der Waals surface area (Å²) in [5.74, 6) is 0. The fourth-order valence-electron chi connectivity index (χ4n) is 18.6. The van der Waals surface area contributed by atoms with Gasteiger partial charge in [0.2, 0.25) is 0 Å². The highest BCUT2D eigenvalue weighted by atomic mass is 14.4. The van der Waals surface area contributed by atoms with Crippen molar-refractivity contribution in [1.82, 2.24) is 0 Å². The Hall–Kier alpha value is -10.4. The molecule has 0 N–H and O–H groups in total. The van der Waals surface area contributed by atoms with Crippen molar-refractivity contribution < 1.29 is 0 Å². The molecule has 0 atom stereocenters. The molecule has 784 valence electrons. The van der Waals surface area contributed by atoms with Gasteiger partial charge in [0.1, 0.15) is 0 Å². The molecule has 0 fully saturated rings. The van der Waals surface area contributed by atoms with Crippen LogP contribution in [0.25, 0.3) is 86.2 Å². The molecule has 0 aromatic heterocycles. The summed E-state index contributed by atoms with van der Waals surface area (Å²) >= 11 is 0. The van der Waals surface area contributed by atoms with Crippen LogP contribution < -0.4 is 0 Å². The van der Waals surface area contributed by atoms with Gasteiger partial charge in [0.25, 0.3) is 0 Å². The summed E-state index contributed by atoms with van der Waals surface area (Å²) in [4.78, 5) is 0. The first-order valence-corrected chi connectivity index (χ1v) is 54.5. The Morgan fingerprint density at radius 1 is 0.103 bits per heavy atom. The molecule has 0 aliphatic heterocycles. The Morgan fingerprint density at radius 3 is 0.616 bits per heavy atom. The van der Waals surface area contributed by atoms with Crippen molar-refractivity contribution in [3.8, 4) is 0 Å². The number of hydrogen-bond acceptors (Lipinski definition) is 0. The van der Waals surface area contributed by atoms with Gasteiger partial charge < -0.3 is 0 Å².